The fourth-order valence-electron chi connectivity index (χ4n) is 2.95. The van der Waals surface area contributed by atoms with Gasteiger partial charge in [0.1, 0.15) is 0 Å². The van der Waals surface area contributed by atoms with E-state index >= 15 is 0 Å². The normalized spacial score (nSPS) is 12.5. The first-order valence-corrected chi connectivity index (χ1v) is 7.80. The molecular weight excluding hydrogens is 344 g/mol. The van der Waals surface area contributed by atoms with E-state index in [9.17, 15) is 10.1 Å². The van der Waals surface area contributed by atoms with E-state index in [1.807, 2.05) is 55.5 Å². The van der Waals surface area contributed by atoms with Crippen LogP contribution < -0.4 is 0 Å². The second-order valence-corrected chi connectivity index (χ2v) is 6.24. The van der Waals surface area contributed by atoms with E-state index < -0.39 is 0 Å². The standard InChI is InChI=1S/C17H15BrN2O2/c1-11-17(14-4-2-3-5-16(14)19-11)15(10-20(21)22)12-6-8-13(18)9-7-12/h2-9,15,19H,10H2,1H3/t15-/m0/s1. The van der Waals surface area contributed by atoms with Crippen LogP contribution in [0.3, 0.4) is 0 Å². The van der Waals surface area contributed by atoms with Crippen molar-refractivity contribution >= 4 is 26.8 Å². The van der Waals surface area contributed by atoms with Gasteiger partial charge < -0.3 is 4.98 Å². The summed E-state index contributed by atoms with van der Waals surface area (Å²) in [5.41, 5.74) is 3.96. The fraction of sp³-hybridized carbons (Fsp3) is 0.176. The Kier molecular flexibility index (Phi) is 3.98. The van der Waals surface area contributed by atoms with Crippen LogP contribution in [-0.2, 0) is 0 Å². The first-order valence-electron chi connectivity index (χ1n) is 7.00. The maximum Gasteiger partial charge on any atom is 0.214 e. The number of rotatable bonds is 4. The maximum absolute atomic E-state index is 11.2. The Morgan fingerprint density at radius 2 is 1.86 bits per heavy atom. The van der Waals surface area contributed by atoms with E-state index in [-0.39, 0.29) is 17.4 Å². The largest absolute Gasteiger partial charge is 0.358 e. The van der Waals surface area contributed by atoms with Crippen LogP contribution in [0.15, 0.2) is 53.0 Å². The molecule has 1 N–H and O–H groups in total. The van der Waals surface area contributed by atoms with Crippen LogP contribution >= 0.6 is 15.9 Å². The smallest absolute Gasteiger partial charge is 0.214 e. The van der Waals surface area contributed by atoms with Crippen LogP contribution in [0, 0.1) is 17.0 Å². The number of halogens is 1. The lowest BCUT2D eigenvalue weighted by atomic mass is 9.89. The molecule has 2 aromatic carbocycles. The molecule has 4 nitrogen and oxygen atoms in total. The minimum absolute atomic E-state index is 0.121. The highest BCUT2D eigenvalue weighted by Crippen LogP contribution is 2.34. The number of aryl methyl sites for hydroxylation is 1. The molecule has 0 spiro atoms. The van der Waals surface area contributed by atoms with E-state index in [4.69, 9.17) is 0 Å². The average molecular weight is 359 g/mol. The summed E-state index contributed by atoms with van der Waals surface area (Å²) >= 11 is 3.41. The SMILES string of the molecule is Cc1[nH]c2ccccc2c1[C@@H](C[N+](=O)[O-])c1ccc(Br)cc1. The van der Waals surface area contributed by atoms with Gasteiger partial charge in [-0.05, 0) is 36.2 Å². The number of hydrogen-bond donors (Lipinski definition) is 1. The molecule has 1 atom stereocenters. The highest BCUT2D eigenvalue weighted by Gasteiger charge is 2.25. The Bertz CT molecular complexity index is 824. The van der Waals surface area contributed by atoms with Gasteiger partial charge in [-0.25, -0.2) is 0 Å². The van der Waals surface area contributed by atoms with Gasteiger partial charge in [0.2, 0.25) is 6.54 Å². The third-order valence-corrected chi connectivity index (χ3v) is 4.42. The Labute approximate surface area is 136 Å². The van der Waals surface area contributed by atoms with Crippen molar-refractivity contribution in [2.45, 2.75) is 12.8 Å². The fourth-order valence-corrected chi connectivity index (χ4v) is 3.22. The van der Waals surface area contributed by atoms with Crippen molar-refractivity contribution in [3.8, 4) is 0 Å². The van der Waals surface area contributed by atoms with Crippen LogP contribution in [0.5, 0.6) is 0 Å². The number of aromatic nitrogens is 1. The van der Waals surface area contributed by atoms with E-state index in [0.717, 1.165) is 32.2 Å². The number of H-pyrrole nitrogens is 1. The second-order valence-electron chi connectivity index (χ2n) is 5.33. The zero-order valence-corrected chi connectivity index (χ0v) is 13.6. The summed E-state index contributed by atoms with van der Waals surface area (Å²) in [6.45, 7) is 1.85. The third kappa shape index (κ3) is 2.76. The molecule has 5 heteroatoms. The highest BCUT2D eigenvalue weighted by molar-refractivity contribution is 9.10. The third-order valence-electron chi connectivity index (χ3n) is 3.90. The molecule has 3 rings (SSSR count). The van der Waals surface area contributed by atoms with Gasteiger partial charge in [0.15, 0.2) is 0 Å². The lowest BCUT2D eigenvalue weighted by Gasteiger charge is -2.14. The molecule has 0 fully saturated rings. The van der Waals surface area contributed by atoms with Crippen LogP contribution in [-0.4, -0.2) is 16.5 Å². The minimum atomic E-state index is -0.265. The monoisotopic (exact) mass is 358 g/mol. The average Bonchev–Trinajstić information content (AvgIpc) is 2.81. The Morgan fingerprint density at radius 3 is 2.55 bits per heavy atom. The molecule has 0 aliphatic heterocycles. The summed E-state index contributed by atoms with van der Waals surface area (Å²) in [6, 6.07) is 15.7. The molecule has 0 saturated heterocycles. The van der Waals surface area contributed by atoms with Crippen molar-refractivity contribution in [1.29, 1.82) is 0 Å². The topological polar surface area (TPSA) is 58.9 Å². The van der Waals surface area contributed by atoms with Gasteiger partial charge in [-0.2, -0.15) is 0 Å². The quantitative estimate of drug-likeness (QED) is 0.545. The Hall–Kier alpha value is -2.14. The number of aromatic amines is 1. The molecule has 3 aromatic rings. The molecular formula is C17H15BrN2O2. The molecule has 0 saturated carbocycles. The number of hydrogen-bond acceptors (Lipinski definition) is 2. The van der Waals surface area contributed by atoms with Crippen LogP contribution in [0.4, 0.5) is 0 Å². The van der Waals surface area contributed by atoms with Crippen molar-refractivity contribution in [3.63, 3.8) is 0 Å². The van der Waals surface area contributed by atoms with Crippen molar-refractivity contribution in [2.75, 3.05) is 6.54 Å². The molecule has 22 heavy (non-hydrogen) atoms. The van der Waals surface area contributed by atoms with Crippen LogP contribution in [0.2, 0.25) is 0 Å². The van der Waals surface area contributed by atoms with E-state index in [1.54, 1.807) is 0 Å². The van der Waals surface area contributed by atoms with Gasteiger partial charge in [0, 0.05) is 26.0 Å². The number of fused-ring (bicyclic) bond motifs is 1. The molecule has 0 amide bonds. The van der Waals surface area contributed by atoms with Crippen molar-refractivity contribution in [2.24, 2.45) is 0 Å². The van der Waals surface area contributed by atoms with Crippen molar-refractivity contribution < 1.29 is 4.92 Å². The minimum Gasteiger partial charge on any atom is -0.358 e. The first kappa shape index (κ1) is 14.8. The lowest BCUT2D eigenvalue weighted by molar-refractivity contribution is -0.481. The van der Waals surface area contributed by atoms with Gasteiger partial charge in [-0.3, -0.25) is 10.1 Å². The number of nitrogens with zero attached hydrogens (tertiary/aromatic N) is 1. The molecule has 0 bridgehead atoms. The zero-order chi connectivity index (χ0) is 15.7. The zero-order valence-electron chi connectivity index (χ0n) is 12.0. The summed E-state index contributed by atoms with van der Waals surface area (Å²) in [5, 5.41) is 12.2. The molecule has 0 radical (unpaired) electrons. The first-order chi connectivity index (χ1) is 10.6. The van der Waals surface area contributed by atoms with Gasteiger partial charge >= 0.3 is 0 Å². The summed E-state index contributed by atoms with van der Waals surface area (Å²) in [4.78, 5) is 14.3. The molecule has 0 unspecified atom stereocenters. The predicted octanol–water partition coefficient (Wildman–Crippen LogP) is 4.65. The van der Waals surface area contributed by atoms with Gasteiger partial charge in [-0.1, -0.05) is 46.3 Å². The second kappa shape index (κ2) is 5.93. The molecule has 1 aromatic heterocycles. The van der Waals surface area contributed by atoms with Gasteiger partial charge in [0.05, 0.1) is 5.92 Å². The van der Waals surface area contributed by atoms with E-state index in [0.29, 0.717) is 0 Å². The van der Waals surface area contributed by atoms with Crippen LogP contribution in [0.1, 0.15) is 22.7 Å². The van der Waals surface area contributed by atoms with E-state index in [2.05, 4.69) is 20.9 Å². The summed E-state index contributed by atoms with van der Waals surface area (Å²) in [5.74, 6) is -0.265. The molecule has 112 valence electrons. The van der Waals surface area contributed by atoms with E-state index in [1.165, 1.54) is 0 Å². The maximum atomic E-state index is 11.2. The van der Waals surface area contributed by atoms with Crippen molar-refractivity contribution in [1.82, 2.24) is 4.98 Å². The summed E-state index contributed by atoms with van der Waals surface area (Å²) in [7, 11) is 0. The Morgan fingerprint density at radius 1 is 1.18 bits per heavy atom. The Balaban J connectivity index is 2.17. The lowest BCUT2D eigenvalue weighted by Crippen LogP contribution is -2.14. The number of nitro groups is 1. The van der Waals surface area contributed by atoms with Crippen LogP contribution in [0.25, 0.3) is 10.9 Å². The number of benzene rings is 2. The molecule has 0 aliphatic rings. The van der Waals surface area contributed by atoms with Crippen molar-refractivity contribution in [3.05, 3.63) is 79.9 Å². The number of nitrogens with one attached hydrogen (secondary N) is 1. The molecule has 1 heterocycles. The predicted molar refractivity (Wildman–Crippen MR) is 90.9 cm³/mol. The number of para-hydroxylation sites is 1. The summed E-state index contributed by atoms with van der Waals surface area (Å²) < 4.78 is 0.965. The molecule has 0 aliphatic carbocycles. The van der Waals surface area contributed by atoms with Gasteiger partial charge in [-0.15, -0.1) is 0 Å². The summed E-state index contributed by atoms with van der Waals surface area (Å²) in [6.07, 6.45) is 0. The van der Waals surface area contributed by atoms with Gasteiger partial charge in [0.25, 0.3) is 0 Å². The highest BCUT2D eigenvalue weighted by atomic mass is 79.9.